The SMILES string of the molecule is COC(=O)N[C@H](C(=O)N1[C@@H]2CC[C@H](C2)[C@H]1c1nc2ccc(-c3ccc(-c4ccc(-c5ccc6nc([C@@H]7[C@@H]8CC[C@H](C8)N7C(=O)[C@@H](NC(=O)OC)C(C)C)[nH]c6c5)cc4)cc3)cc2[nH]1)C(C)C. The van der Waals surface area contributed by atoms with Crippen molar-refractivity contribution in [3.8, 4) is 33.4 Å². The van der Waals surface area contributed by atoms with Gasteiger partial charge in [0.2, 0.25) is 11.8 Å². The van der Waals surface area contributed by atoms with Crippen LogP contribution in [0.2, 0.25) is 0 Å². The minimum absolute atomic E-state index is 0.0866. The van der Waals surface area contributed by atoms with Crippen molar-refractivity contribution in [2.45, 2.75) is 102 Å². The summed E-state index contributed by atoms with van der Waals surface area (Å²) in [7, 11) is 2.63. The summed E-state index contributed by atoms with van der Waals surface area (Å²) in [6.07, 6.45) is 4.65. The van der Waals surface area contributed by atoms with E-state index in [1.807, 2.05) is 49.6 Å². The van der Waals surface area contributed by atoms with E-state index in [0.29, 0.717) is 11.8 Å². The first-order valence-electron chi connectivity index (χ1n) is 23.4. The van der Waals surface area contributed by atoms with E-state index in [0.717, 1.165) is 106 Å². The van der Waals surface area contributed by atoms with Crippen molar-refractivity contribution in [3.63, 3.8) is 0 Å². The Labute approximate surface area is 384 Å². The average molecular weight is 891 g/mol. The van der Waals surface area contributed by atoms with Gasteiger partial charge in [-0.3, -0.25) is 9.59 Å². The number of carbonyl (C=O) groups excluding carboxylic acids is 4. The first-order chi connectivity index (χ1) is 31.9. The molecule has 0 radical (unpaired) electrons. The fourth-order valence-electron chi connectivity index (χ4n) is 11.4. The first kappa shape index (κ1) is 43.2. The molecule has 342 valence electrons. The minimum atomic E-state index is -0.683. The molecular weight excluding hydrogens is 833 g/mol. The highest BCUT2D eigenvalue weighted by atomic mass is 16.5. The zero-order valence-electron chi connectivity index (χ0n) is 38.3. The Bertz CT molecular complexity index is 2620. The number of hydrogen-bond acceptors (Lipinski definition) is 8. The van der Waals surface area contributed by atoms with Gasteiger partial charge in [-0.15, -0.1) is 0 Å². The number of nitrogens with zero attached hydrogens (tertiary/aromatic N) is 4. The number of aromatic amines is 2. The highest BCUT2D eigenvalue weighted by Gasteiger charge is 2.53. The molecule has 14 heteroatoms. The van der Waals surface area contributed by atoms with Gasteiger partial charge in [-0.1, -0.05) is 88.4 Å². The number of ether oxygens (including phenoxy) is 2. The highest BCUT2D eigenvalue weighted by Crippen LogP contribution is 2.51. The molecule has 14 nitrogen and oxygen atoms in total. The van der Waals surface area contributed by atoms with Crippen LogP contribution in [0.25, 0.3) is 55.4 Å². The van der Waals surface area contributed by atoms with E-state index in [9.17, 15) is 19.2 Å². The van der Waals surface area contributed by atoms with E-state index in [1.165, 1.54) is 14.2 Å². The summed E-state index contributed by atoms with van der Waals surface area (Å²) in [5.41, 5.74) is 10.1. The maximum Gasteiger partial charge on any atom is 0.407 e. The molecular formula is C52H58N8O6. The maximum absolute atomic E-state index is 14.0. The molecule has 8 atom stereocenters. The molecule has 10 rings (SSSR count). The molecule has 2 aliphatic heterocycles. The topological polar surface area (TPSA) is 175 Å². The number of amides is 4. The summed E-state index contributed by atoms with van der Waals surface area (Å²) >= 11 is 0. The summed E-state index contributed by atoms with van der Waals surface area (Å²) in [5.74, 6) is 1.83. The number of methoxy groups -OCH3 is 2. The van der Waals surface area contributed by atoms with Gasteiger partial charge in [-0.2, -0.15) is 0 Å². The second-order valence-electron chi connectivity index (χ2n) is 19.4. The first-order valence-corrected chi connectivity index (χ1v) is 23.4. The predicted octanol–water partition coefficient (Wildman–Crippen LogP) is 9.31. The Hall–Kier alpha value is -6.70. The number of aromatic nitrogens is 4. The lowest BCUT2D eigenvalue weighted by Gasteiger charge is -2.37. The van der Waals surface area contributed by atoms with Crippen molar-refractivity contribution in [2.75, 3.05) is 14.2 Å². The van der Waals surface area contributed by atoms with Gasteiger partial charge in [0.1, 0.15) is 23.7 Å². The molecule has 66 heavy (non-hydrogen) atoms. The smallest absolute Gasteiger partial charge is 0.407 e. The van der Waals surface area contributed by atoms with Gasteiger partial charge < -0.3 is 39.9 Å². The zero-order valence-corrected chi connectivity index (χ0v) is 38.3. The second-order valence-corrected chi connectivity index (χ2v) is 19.4. The van der Waals surface area contributed by atoms with Gasteiger partial charge in [0, 0.05) is 12.1 Å². The van der Waals surface area contributed by atoms with E-state index >= 15 is 0 Å². The van der Waals surface area contributed by atoms with E-state index in [4.69, 9.17) is 19.4 Å². The number of hydrogen-bond donors (Lipinski definition) is 4. The lowest BCUT2D eigenvalue weighted by Crippen LogP contribution is -2.54. The Morgan fingerprint density at radius 1 is 0.545 bits per heavy atom. The van der Waals surface area contributed by atoms with Crippen molar-refractivity contribution < 1.29 is 28.7 Å². The average Bonchev–Trinajstić information content (AvgIpc) is 4.21. The molecule has 4 heterocycles. The molecule has 2 saturated carbocycles. The standard InChI is InChI=1S/C52H58N8O6/c1-27(2)43(57-51(63)65-5)49(61)59-37-19-15-35(23-37)45(59)47-53-39-21-17-33(25-41(39)55-47)31-11-7-29(8-12-31)30-9-13-32(14-10-30)34-18-22-40-42(26-34)56-48(54-40)46-36-16-20-38(24-36)60(46)50(62)44(28(3)4)58-52(64)66-6/h7-14,17-18,21-22,25-28,35-38,43-46H,15-16,19-20,23-24H2,1-6H3,(H,53,55)(H,54,56)(H,57,63)(H,58,64)/t35-,36-,37-,38-,43+,44+,45+,46+/m1/s1. The van der Waals surface area contributed by atoms with Crippen LogP contribution in [0, 0.1) is 23.7 Å². The van der Waals surface area contributed by atoms with Crippen LogP contribution in [0.4, 0.5) is 9.59 Å². The van der Waals surface area contributed by atoms with Crippen LogP contribution < -0.4 is 10.6 Å². The third-order valence-corrected chi connectivity index (χ3v) is 14.8. The lowest BCUT2D eigenvalue weighted by atomic mass is 9.95. The number of imidazole rings is 2. The summed E-state index contributed by atoms with van der Waals surface area (Å²) in [6.45, 7) is 7.74. The molecule has 4 N–H and O–H groups in total. The lowest BCUT2D eigenvalue weighted by molar-refractivity contribution is -0.140. The molecule has 0 unspecified atom stereocenters. The van der Waals surface area contributed by atoms with E-state index in [2.05, 4.69) is 93.4 Å². The molecule has 4 aromatic carbocycles. The summed E-state index contributed by atoms with van der Waals surface area (Å²) in [6, 6.07) is 28.2. The van der Waals surface area contributed by atoms with Gasteiger partial charge in [-0.05, 0) is 120 Å². The molecule has 4 amide bonds. The summed E-state index contributed by atoms with van der Waals surface area (Å²) in [5, 5.41) is 5.55. The molecule has 2 saturated heterocycles. The molecule has 4 bridgehead atoms. The van der Waals surface area contributed by atoms with Crippen molar-refractivity contribution in [1.82, 2.24) is 40.4 Å². The zero-order chi connectivity index (χ0) is 46.0. The molecule has 4 fully saturated rings. The van der Waals surface area contributed by atoms with Crippen LogP contribution in [-0.4, -0.2) is 92.1 Å². The predicted molar refractivity (Wildman–Crippen MR) is 252 cm³/mol. The Balaban J connectivity index is 0.836. The van der Waals surface area contributed by atoms with E-state index in [1.54, 1.807) is 0 Å². The van der Waals surface area contributed by atoms with Crippen LogP contribution >= 0.6 is 0 Å². The van der Waals surface area contributed by atoms with Crippen molar-refractivity contribution in [2.24, 2.45) is 23.7 Å². The summed E-state index contributed by atoms with van der Waals surface area (Å²) < 4.78 is 9.69. The van der Waals surface area contributed by atoms with Gasteiger partial charge in [-0.25, -0.2) is 19.6 Å². The van der Waals surface area contributed by atoms with Crippen LogP contribution in [-0.2, 0) is 19.1 Å². The molecule has 6 aromatic rings. The highest BCUT2D eigenvalue weighted by molar-refractivity contribution is 5.89. The van der Waals surface area contributed by atoms with Crippen molar-refractivity contribution in [1.29, 1.82) is 0 Å². The van der Waals surface area contributed by atoms with Gasteiger partial charge >= 0.3 is 12.2 Å². The number of carbonyl (C=O) groups is 4. The van der Waals surface area contributed by atoms with Gasteiger partial charge in [0.05, 0.1) is 48.4 Å². The third kappa shape index (κ3) is 7.73. The Kier molecular flexibility index (Phi) is 11.3. The van der Waals surface area contributed by atoms with Crippen LogP contribution in [0.15, 0.2) is 84.9 Å². The van der Waals surface area contributed by atoms with Crippen LogP contribution in [0.3, 0.4) is 0 Å². The van der Waals surface area contributed by atoms with E-state index < -0.39 is 24.3 Å². The number of rotatable bonds is 11. The third-order valence-electron chi connectivity index (χ3n) is 14.8. The second kappa shape index (κ2) is 17.3. The largest absolute Gasteiger partial charge is 0.453 e. The monoisotopic (exact) mass is 890 g/mol. The van der Waals surface area contributed by atoms with Gasteiger partial charge in [0.25, 0.3) is 0 Å². The molecule has 4 aliphatic rings. The van der Waals surface area contributed by atoms with Crippen LogP contribution in [0.5, 0.6) is 0 Å². The number of likely N-dealkylation sites (tertiary alicyclic amines) is 2. The van der Waals surface area contributed by atoms with Crippen LogP contribution in [0.1, 0.15) is 90.0 Å². The molecule has 0 spiro atoms. The fraction of sp³-hybridized carbons (Fsp3) is 0.423. The number of fused-ring (bicyclic) bond motifs is 6. The maximum atomic E-state index is 14.0. The van der Waals surface area contributed by atoms with Gasteiger partial charge in [0.15, 0.2) is 0 Å². The number of H-pyrrole nitrogens is 2. The summed E-state index contributed by atoms with van der Waals surface area (Å²) in [4.78, 5) is 73.6. The molecule has 2 aromatic heterocycles. The van der Waals surface area contributed by atoms with Crippen molar-refractivity contribution >= 4 is 46.1 Å². The molecule has 2 aliphatic carbocycles. The quantitative estimate of drug-likeness (QED) is 0.0996. The fourth-order valence-corrected chi connectivity index (χ4v) is 11.4. The minimum Gasteiger partial charge on any atom is -0.453 e. The number of nitrogens with one attached hydrogen (secondary N) is 4. The number of benzene rings is 4. The normalized spacial score (nSPS) is 23.0. The Morgan fingerprint density at radius 3 is 1.24 bits per heavy atom. The number of alkyl carbamates (subject to hydrolysis) is 2. The van der Waals surface area contributed by atoms with Crippen molar-refractivity contribution in [3.05, 3.63) is 96.6 Å². The number of piperidine rings is 2. The Morgan fingerprint density at radius 2 is 0.894 bits per heavy atom. The van der Waals surface area contributed by atoms with E-state index in [-0.39, 0.29) is 47.8 Å².